The Bertz CT molecular complexity index is 713. The van der Waals surface area contributed by atoms with Crippen LogP contribution in [0.15, 0.2) is 42.6 Å². The van der Waals surface area contributed by atoms with E-state index in [4.69, 9.17) is 4.74 Å². The first kappa shape index (κ1) is 17.1. The van der Waals surface area contributed by atoms with Gasteiger partial charge in [0.05, 0.1) is 19.3 Å². The zero-order valence-electron chi connectivity index (χ0n) is 14.7. The third-order valence-corrected chi connectivity index (χ3v) is 4.39. The number of nitrogens with one attached hydrogen (secondary N) is 1. The molecule has 6 heteroatoms. The van der Waals surface area contributed by atoms with Gasteiger partial charge in [-0.2, -0.15) is 0 Å². The molecule has 6 nitrogen and oxygen atoms in total. The molecule has 1 N–H and O–H groups in total. The lowest BCUT2D eigenvalue weighted by molar-refractivity contribution is -0.129. The number of ether oxygens (including phenoxy) is 1. The molecule has 2 aromatic rings. The topological polar surface area (TPSA) is 57.7 Å². The van der Waals surface area contributed by atoms with Gasteiger partial charge in [-0.15, -0.1) is 0 Å². The van der Waals surface area contributed by atoms with Crippen LogP contribution in [-0.4, -0.2) is 55.6 Å². The molecule has 0 saturated carbocycles. The van der Waals surface area contributed by atoms with Crippen molar-refractivity contribution in [2.45, 2.75) is 6.92 Å². The minimum Gasteiger partial charge on any atom is -0.495 e. The molecule has 1 aromatic carbocycles. The first-order chi connectivity index (χ1) is 12.2. The lowest BCUT2D eigenvalue weighted by Gasteiger charge is -2.35. The summed E-state index contributed by atoms with van der Waals surface area (Å²) in [5.74, 6) is 1.82. The van der Waals surface area contributed by atoms with Crippen molar-refractivity contribution in [2.75, 3.05) is 50.1 Å². The summed E-state index contributed by atoms with van der Waals surface area (Å²) >= 11 is 0. The van der Waals surface area contributed by atoms with E-state index in [2.05, 4.69) is 15.2 Å². The van der Waals surface area contributed by atoms with Crippen molar-refractivity contribution in [3.63, 3.8) is 0 Å². The highest BCUT2D eigenvalue weighted by Gasteiger charge is 2.21. The minimum absolute atomic E-state index is 0.101. The number of carbonyl (C=O) groups is 1. The number of carbonyl (C=O) groups excluding carboxylic acids is 1. The van der Waals surface area contributed by atoms with E-state index in [9.17, 15) is 4.79 Å². The van der Waals surface area contributed by atoms with Gasteiger partial charge in [-0.3, -0.25) is 4.79 Å². The van der Waals surface area contributed by atoms with E-state index >= 15 is 0 Å². The molecule has 25 heavy (non-hydrogen) atoms. The number of piperazine rings is 1. The van der Waals surface area contributed by atoms with Gasteiger partial charge < -0.3 is 19.9 Å². The van der Waals surface area contributed by atoms with Gasteiger partial charge in [0.1, 0.15) is 11.6 Å². The quantitative estimate of drug-likeness (QED) is 0.904. The van der Waals surface area contributed by atoms with Crippen molar-refractivity contribution >= 4 is 17.4 Å². The smallest absolute Gasteiger partial charge is 0.241 e. The highest BCUT2D eigenvalue weighted by atomic mass is 16.5. The highest BCUT2D eigenvalue weighted by Crippen LogP contribution is 2.25. The van der Waals surface area contributed by atoms with Crippen LogP contribution in [0.5, 0.6) is 5.75 Å². The number of nitrogens with zero attached hydrogens (tertiary/aromatic N) is 3. The molecule has 1 saturated heterocycles. The molecule has 0 radical (unpaired) electrons. The highest BCUT2D eigenvalue weighted by molar-refractivity contribution is 5.81. The number of pyridine rings is 1. The molecule has 132 valence electrons. The number of methoxy groups -OCH3 is 1. The molecule has 1 aliphatic rings. The average Bonchev–Trinajstić information content (AvgIpc) is 2.67. The second-order valence-electron chi connectivity index (χ2n) is 6.11. The molecule has 3 rings (SSSR count). The van der Waals surface area contributed by atoms with Gasteiger partial charge >= 0.3 is 0 Å². The molecule has 1 amide bonds. The van der Waals surface area contributed by atoms with Crippen LogP contribution >= 0.6 is 0 Å². The summed E-state index contributed by atoms with van der Waals surface area (Å²) in [5, 5.41) is 3.20. The SMILES string of the molecule is COc1ccc(C)cc1NCC(=O)N1CCN(c2ccccn2)CC1. The molecule has 1 aromatic heterocycles. The third-order valence-electron chi connectivity index (χ3n) is 4.39. The van der Waals surface area contributed by atoms with Crippen molar-refractivity contribution in [3.05, 3.63) is 48.2 Å². The largest absolute Gasteiger partial charge is 0.495 e. The van der Waals surface area contributed by atoms with Crippen LogP contribution in [0, 0.1) is 6.92 Å². The van der Waals surface area contributed by atoms with Crippen molar-refractivity contribution in [1.29, 1.82) is 0 Å². The standard InChI is InChI=1S/C19H24N4O2/c1-15-6-7-17(25-2)16(13-15)21-14-19(24)23-11-9-22(10-12-23)18-5-3-4-8-20-18/h3-8,13,21H,9-12,14H2,1-2H3. The van der Waals surface area contributed by atoms with Gasteiger partial charge in [-0.05, 0) is 36.8 Å². The normalized spacial score (nSPS) is 14.3. The number of hydrogen-bond donors (Lipinski definition) is 1. The summed E-state index contributed by atoms with van der Waals surface area (Å²) in [7, 11) is 1.63. The number of aromatic nitrogens is 1. The third kappa shape index (κ3) is 4.21. The van der Waals surface area contributed by atoms with Gasteiger partial charge in [-0.1, -0.05) is 12.1 Å². The first-order valence-electron chi connectivity index (χ1n) is 8.49. The Morgan fingerprint density at radius 2 is 2.00 bits per heavy atom. The van der Waals surface area contributed by atoms with Crippen LogP contribution in [-0.2, 0) is 4.79 Å². The molecule has 0 unspecified atom stereocenters. The number of hydrogen-bond acceptors (Lipinski definition) is 5. The van der Waals surface area contributed by atoms with Gasteiger partial charge in [0.25, 0.3) is 0 Å². The van der Waals surface area contributed by atoms with Crippen LogP contribution in [0.3, 0.4) is 0 Å². The zero-order chi connectivity index (χ0) is 17.6. The van der Waals surface area contributed by atoms with E-state index in [1.54, 1.807) is 13.3 Å². The Kier molecular flexibility index (Phi) is 5.38. The van der Waals surface area contributed by atoms with Crippen molar-refractivity contribution < 1.29 is 9.53 Å². The van der Waals surface area contributed by atoms with Gasteiger partial charge in [0, 0.05) is 32.4 Å². The van der Waals surface area contributed by atoms with Crippen LogP contribution < -0.4 is 15.0 Å². The van der Waals surface area contributed by atoms with Gasteiger partial charge in [0.15, 0.2) is 0 Å². The monoisotopic (exact) mass is 340 g/mol. The number of rotatable bonds is 5. The number of aryl methyl sites for hydroxylation is 1. The lowest BCUT2D eigenvalue weighted by Crippen LogP contribution is -2.50. The van der Waals surface area contributed by atoms with E-state index in [-0.39, 0.29) is 12.5 Å². The second kappa shape index (κ2) is 7.88. The summed E-state index contributed by atoms with van der Waals surface area (Å²) in [4.78, 5) is 21.0. The molecule has 0 bridgehead atoms. The maximum atomic E-state index is 12.5. The van der Waals surface area contributed by atoms with Crippen LogP contribution in [0.1, 0.15) is 5.56 Å². The Hall–Kier alpha value is -2.76. The molecule has 1 fully saturated rings. The zero-order valence-corrected chi connectivity index (χ0v) is 14.7. The molecule has 0 atom stereocenters. The van der Waals surface area contributed by atoms with Crippen LogP contribution in [0.4, 0.5) is 11.5 Å². The fourth-order valence-electron chi connectivity index (χ4n) is 2.97. The van der Waals surface area contributed by atoms with E-state index in [1.807, 2.05) is 48.2 Å². The van der Waals surface area contributed by atoms with Crippen molar-refractivity contribution in [3.8, 4) is 5.75 Å². The van der Waals surface area contributed by atoms with Crippen molar-refractivity contribution in [2.24, 2.45) is 0 Å². The second-order valence-corrected chi connectivity index (χ2v) is 6.11. The summed E-state index contributed by atoms with van der Waals surface area (Å²) in [5.41, 5.74) is 1.97. The molecule has 1 aliphatic heterocycles. The first-order valence-corrected chi connectivity index (χ1v) is 8.49. The molecule has 2 heterocycles. The van der Waals surface area contributed by atoms with Crippen LogP contribution in [0.25, 0.3) is 0 Å². The number of anilines is 2. The summed E-state index contributed by atoms with van der Waals surface area (Å²) in [6, 6.07) is 11.8. The van der Waals surface area contributed by atoms with E-state index in [0.717, 1.165) is 35.9 Å². The number of amides is 1. The van der Waals surface area contributed by atoms with E-state index < -0.39 is 0 Å². The summed E-state index contributed by atoms with van der Waals surface area (Å²) < 4.78 is 5.34. The van der Waals surface area contributed by atoms with E-state index in [0.29, 0.717) is 13.1 Å². The van der Waals surface area contributed by atoms with Crippen LogP contribution in [0.2, 0.25) is 0 Å². The Morgan fingerprint density at radius 3 is 2.68 bits per heavy atom. The summed E-state index contributed by atoms with van der Waals surface area (Å²) in [6.45, 7) is 5.31. The summed E-state index contributed by atoms with van der Waals surface area (Å²) in [6.07, 6.45) is 1.80. The fraction of sp³-hybridized carbons (Fsp3) is 0.368. The minimum atomic E-state index is 0.101. The predicted octanol–water partition coefficient (Wildman–Crippen LogP) is 2.16. The maximum absolute atomic E-state index is 12.5. The Balaban J connectivity index is 1.52. The fourth-order valence-corrected chi connectivity index (χ4v) is 2.97. The molecule has 0 spiro atoms. The average molecular weight is 340 g/mol. The number of benzene rings is 1. The molecular formula is C19H24N4O2. The maximum Gasteiger partial charge on any atom is 0.241 e. The Morgan fingerprint density at radius 1 is 1.20 bits per heavy atom. The van der Waals surface area contributed by atoms with Gasteiger partial charge in [0.2, 0.25) is 5.91 Å². The van der Waals surface area contributed by atoms with Gasteiger partial charge in [-0.25, -0.2) is 4.98 Å². The van der Waals surface area contributed by atoms with E-state index in [1.165, 1.54) is 0 Å². The molecule has 0 aliphatic carbocycles. The Labute approximate surface area is 148 Å². The van der Waals surface area contributed by atoms with Crippen molar-refractivity contribution in [1.82, 2.24) is 9.88 Å². The molecular weight excluding hydrogens is 316 g/mol. The lowest BCUT2D eigenvalue weighted by atomic mass is 10.2. The predicted molar refractivity (Wildman–Crippen MR) is 99.3 cm³/mol.